The second-order valence-corrected chi connectivity index (χ2v) is 6.66. The first-order valence-corrected chi connectivity index (χ1v) is 9.21. The summed E-state index contributed by atoms with van der Waals surface area (Å²) in [6.07, 6.45) is 5.26. The van der Waals surface area contributed by atoms with E-state index in [0.717, 1.165) is 11.1 Å². The lowest BCUT2D eigenvalue weighted by atomic mass is 9.83. The van der Waals surface area contributed by atoms with E-state index >= 15 is 0 Å². The molecule has 0 aliphatic rings. The van der Waals surface area contributed by atoms with E-state index in [2.05, 4.69) is 71.9 Å². The third-order valence-electron chi connectivity index (χ3n) is 3.36. The minimum absolute atomic E-state index is 0.503. The summed E-state index contributed by atoms with van der Waals surface area (Å²) in [5, 5.41) is 1.14. The van der Waals surface area contributed by atoms with E-state index in [4.69, 9.17) is 0 Å². The lowest BCUT2D eigenvalue weighted by Crippen LogP contribution is -2.25. The SMILES string of the molecule is CCCC(CBr)(CCC)CSCc1ccccc1. The fraction of sp³-hybridized carbons (Fsp3) is 0.625. The van der Waals surface area contributed by atoms with E-state index in [-0.39, 0.29) is 0 Å². The second-order valence-electron chi connectivity index (χ2n) is 5.11. The van der Waals surface area contributed by atoms with Crippen LogP contribution in [-0.4, -0.2) is 11.1 Å². The number of hydrogen-bond donors (Lipinski definition) is 0. The van der Waals surface area contributed by atoms with Gasteiger partial charge in [-0.15, -0.1) is 0 Å². The number of benzene rings is 1. The molecule has 0 atom stereocenters. The average molecular weight is 329 g/mol. The van der Waals surface area contributed by atoms with Crippen LogP contribution < -0.4 is 0 Å². The molecule has 1 rings (SSSR count). The lowest BCUT2D eigenvalue weighted by Gasteiger charge is -2.31. The van der Waals surface area contributed by atoms with Gasteiger partial charge < -0.3 is 0 Å². The smallest absolute Gasteiger partial charge is 0.0184 e. The van der Waals surface area contributed by atoms with Crippen LogP contribution in [0.3, 0.4) is 0 Å². The monoisotopic (exact) mass is 328 g/mol. The molecule has 18 heavy (non-hydrogen) atoms. The first kappa shape index (κ1) is 16.1. The third-order valence-corrected chi connectivity index (χ3v) is 5.91. The molecule has 0 fully saturated rings. The van der Waals surface area contributed by atoms with E-state index < -0.39 is 0 Å². The predicted molar refractivity (Wildman–Crippen MR) is 88.6 cm³/mol. The van der Waals surface area contributed by atoms with Crippen molar-refractivity contribution >= 4 is 27.7 Å². The molecule has 0 aliphatic carbocycles. The highest BCUT2D eigenvalue weighted by molar-refractivity contribution is 9.09. The minimum Gasteiger partial charge on any atom is -0.157 e. The number of halogens is 1. The molecule has 0 aromatic heterocycles. The van der Waals surface area contributed by atoms with Crippen molar-refractivity contribution < 1.29 is 0 Å². The Morgan fingerprint density at radius 3 is 2.17 bits per heavy atom. The first-order valence-electron chi connectivity index (χ1n) is 6.94. The highest BCUT2D eigenvalue weighted by Gasteiger charge is 2.26. The molecule has 102 valence electrons. The molecule has 0 nitrogen and oxygen atoms in total. The maximum Gasteiger partial charge on any atom is 0.0184 e. The standard InChI is InChI=1S/C16H25BrS/c1-3-10-16(13-17,11-4-2)14-18-12-15-8-6-5-7-9-15/h5-9H,3-4,10-14H2,1-2H3. The summed E-state index contributed by atoms with van der Waals surface area (Å²) in [7, 11) is 0. The average Bonchev–Trinajstić information content (AvgIpc) is 2.40. The van der Waals surface area contributed by atoms with Gasteiger partial charge in [0, 0.05) is 16.8 Å². The van der Waals surface area contributed by atoms with Crippen molar-refractivity contribution in [2.75, 3.05) is 11.1 Å². The Bertz CT molecular complexity index is 304. The largest absolute Gasteiger partial charge is 0.157 e. The van der Waals surface area contributed by atoms with Gasteiger partial charge in [0.05, 0.1) is 0 Å². The van der Waals surface area contributed by atoms with Crippen molar-refractivity contribution in [2.24, 2.45) is 5.41 Å². The van der Waals surface area contributed by atoms with Gasteiger partial charge in [-0.05, 0) is 23.8 Å². The van der Waals surface area contributed by atoms with Gasteiger partial charge >= 0.3 is 0 Å². The van der Waals surface area contributed by atoms with Gasteiger partial charge in [-0.2, -0.15) is 11.8 Å². The van der Waals surface area contributed by atoms with E-state index in [1.807, 2.05) is 0 Å². The molecule has 0 unspecified atom stereocenters. The van der Waals surface area contributed by atoms with Crippen LogP contribution in [0.15, 0.2) is 30.3 Å². The van der Waals surface area contributed by atoms with E-state index in [1.54, 1.807) is 0 Å². The summed E-state index contributed by atoms with van der Waals surface area (Å²) in [6.45, 7) is 4.60. The van der Waals surface area contributed by atoms with Crippen LogP contribution in [-0.2, 0) is 5.75 Å². The summed E-state index contributed by atoms with van der Waals surface area (Å²) in [5.41, 5.74) is 1.95. The van der Waals surface area contributed by atoms with Crippen molar-refractivity contribution in [3.8, 4) is 0 Å². The van der Waals surface area contributed by atoms with Gasteiger partial charge in [0.1, 0.15) is 0 Å². The molecular formula is C16H25BrS. The van der Waals surface area contributed by atoms with Crippen LogP contribution in [0.1, 0.15) is 45.1 Å². The molecule has 0 amide bonds. The first-order chi connectivity index (χ1) is 8.76. The molecule has 0 saturated carbocycles. The van der Waals surface area contributed by atoms with Crippen LogP contribution in [0, 0.1) is 5.41 Å². The van der Waals surface area contributed by atoms with Crippen LogP contribution in [0.4, 0.5) is 0 Å². The molecule has 1 aromatic rings. The zero-order chi connectivity index (χ0) is 13.3. The highest BCUT2D eigenvalue weighted by atomic mass is 79.9. The molecule has 0 N–H and O–H groups in total. The van der Waals surface area contributed by atoms with Gasteiger partial charge in [0.25, 0.3) is 0 Å². The summed E-state index contributed by atoms with van der Waals surface area (Å²) < 4.78 is 0. The van der Waals surface area contributed by atoms with Gasteiger partial charge in [-0.25, -0.2) is 0 Å². The van der Waals surface area contributed by atoms with Crippen molar-refractivity contribution in [1.29, 1.82) is 0 Å². The van der Waals surface area contributed by atoms with Crippen LogP contribution in [0.5, 0.6) is 0 Å². The molecule has 0 radical (unpaired) electrons. The Balaban J connectivity index is 2.46. The summed E-state index contributed by atoms with van der Waals surface area (Å²) >= 11 is 5.84. The topological polar surface area (TPSA) is 0 Å². The number of alkyl halides is 1. The predicted octanol–water partition coefficient (Wildman–Crippen LogP) is 5.90. The highest BCUT2D eigenvalue weighted by Crippen LogP contribution is 2.36. The molecule has 0 spiro atoms. The van der Waals surface area contributed by atoms with Crippen LogP contribution in [0.2, 0.25) is 0 Å². The van der Waals surface area contributed by atoms with Gasteiger partial charge in [0.15, 0.2) is 0 Å². The Hall–Kier alpha value is 0.0500. The number of rotatable bonds is 9. The summed E-state index contributed by atoms with van der Waals surface area (Å²) in [4.78, 5) is 0. The van der Waals surface area contributed by atoms with Crippen LogP contribution in [0.25, 0.3) is 0 Å². The Morgan fingerprint density at radius 2 is 1.67 bits per heavy atom. The maximum atomic E-state index is 3.75. The molecule has 0 saturated heterocycles. The molecule has 1 aromatic carbocycles. The van der Waals surface area contributed by atoms with Crippen molar-refractivity contribution in [1.82, 2.24) is 0 Å². The third kappa shape index (κ3) is 5.36. The molecular weight excluding hydrogens is 304 g/mol. The van der Waals surface area contributed by atoms with Gasteiger partial charge in [-0.3, -0.25) is 0 Å². The zero-order valence-corrected chi connectivity index (χ0v) is 14.0. The van der Waals surface area contributed by atoms with Gasteiger partial charge in [-0.1, -0.05) is 73.0 Å². The van der Waals surface area contributed by atoms with Gasteiger partial charge in [0.2, 0.25) is 0 Å². The molecule has 0 aliphatic heterocycles. The van der Waals surface area contributed by atoms with Crippen molar-refractivity contribution in [2.45, 2.75) is 45.3 Å². The quantitative estimate of drug-likeness (QED) is 0.508. The normalized spacial score (nSPS) is 11.7. The Labute approximate surface area is 125 Å². The number of thioether (sulfide) groups is 1. The minimum atomic E-state index is 0.503. The maximum absolute atomic E-state index is 3.75. The Morgan fingerprint density at radius 1 is 1.06 bits per heavy atom. The van der Waals surface area contributed by atoms with E-state index in [1.165, 1.54) is 37.0 Å². The van der Waals surface area contributed by atoms with Crippen LogP contribution >= 0.6 is 27.7 Å². The Kier molecular flexibility index (Phi) is 8.08. The fourth-order valence-electron chi connectivity index (χ4n) is 2.46. The van der Waals surface area contributed by atoms with Crippen molar-refractivity contribution in [3.05, 3.63) is 35.9 Å². The zero-order valence-electron chi connectivity index (χ0n) is 11.6. The molecule has 2 heteroatoms. The van der Waals surface area contributed by atoms with E-state index in [9.17, 15) is 0 Å². The molecule has 0 bridgehead atoms. The molecule has 0 heterocycles. The van der Waals surface area contributed by atoms with E-state index in [0.29, 0.717) is 5.41 Å². The summed E-state index contributed by atoms with van der Waals surface area (Å²) in [6, 6.07) is 10.8. The number of hydrogen-bond acceptors (Lipinski definition) is 1. The van der Waals surface area contributed by atoms with Crippen molar-refractivity contribution in [3.63, 3.8) is 0 Å². The summed E-state index contributed by atoms with van der Waals surface area (Å²) in [5.74, 6) is 2.41. The fourth-order valence-corrected chi connectivity index (χ4v) is 4.84. The lowest BCUT2D eigenvalue weighted by molar-refractivity contribution is 0.320. The second kappa shape index (κ2) is 9.03.